The summed E-state index contributed by atoms with van der Waals surface area (Å²) in [7, 11) is 0. The number of nitrogens with zero attached hydrogens (tertiary/aromatic N) is 5. The van der Waals surface area contributed by atoms with E-state index in [1.807, 2.05) is 6.07 Å². The third kappa shape index (κ3) is 2.85. The van der Waals surface area contributed by atoms with E-state index in [1.165, 1.54) is 18.6 Å². The number of aromatic nitrogens is 5. The molecule has 0 aromatic carbocycles. The molecule has 0 bridgehead atoms. The van der Waals surface area contributed by atoms with Crippen molar-refractivity contribution in [3.05, 3.63) is 54.6 Å². The lowest BCUT2D eigenvalue weighted by Crippen LogP contribution is -2.17. The maximum Gasteiger partial charge on any atom is 0.263 e. The number of hydrogen-bond acceptors (Lipinski definition) is 7. The van der Waals surface area contributed by atoms with E-state index in [0.717, 1.165) is 0 Å². The highest BCUT2D eigenvalue weighted by molar-refractivity contribution is 6.06. The zero-order chi connectivity index (χ0) is 15.4. The van der Waals surface area contributed by atoms with Crippen LogP contribution in [-0.4, -0.2) is 30.8 Å². The van der Waals surface area contributed by atoms with Crippen LogP contribution in [0.3, 0.4) is 0 Å². The Kier molecular flexibility index (Phi) is 3.65. The van der Waals surface area contributed by atoms with Crippen molar-refractivity contribution < 1.29 is 4.79 Å². The van der Waals surface area contributed by atoms with E-state index >= 15 is 0 Å². The van der Waals surface area contributed by atoms with Crippen molar-refractivity contribution in [3.8, 4) is 11.5 Å². The summed E-state index contributed by atoms with van der Waals surface area (Å²) in [4.78, 5) is 32.3. The van der Waals surface area contributed by atoms with Gasteiger partial charge in [0.1, 0.15) is 17.1 Å². The van der Waals surface area contributed by atoms with Gasteiger partial charge in [-0.2, -0.15) is 0 Å². The zero-order valence-corrected chi connectivity index (χ0v) is 11.3. The number of nitrogen functional groups attached to an aromatic ring is 1. The van der Waals surface area contributed by atoms with Crippen LogP contribution in [0.2, 0.25) is 0 Å². The molecule has 0 aliphatic heterocycles. The number of carbonyl (C=O) groups excluding carboxylic acids is 1. The molecule has 0 aliphatic rings. The molecule has 108 valence electrons. The van der Waals surface area contributed by atoms with Gasteiger partial charge in [-0.3, -0.25) is 15.1 Å². The number of pyridine rings is 1. The molecule has 3 aromatic heterocycles. The fourth-order valence-corrected chi connectivity index (χ4v) is 1.72. The van der Waals surface area contributed by atoms with Crippen molar-refractivity contribution in [2.24, 2.45) is 0 Å². The van der Waals surface area contributed by atoms with E-state index in [4.69, 9.17) is 5.73 Å². The van der Waals surface area contributed by atoms with Crippen LogP contribution in [0.1, 0.15) is 10.4 Å². The minimum Gasteiger partial charge on any atom is -0.383 e. The van der Waals surface area contributed by atoms with E-state index in [9.17, 15) is 4.79 Å². The number of hydrogen-bond donors (Lipinski definition) is 2. The molecule has 0 fully saturated rings. The quantitative estimate of drug-likeness (QED) is 0.743. The summed E-state index contributed by atoms with van der Waals surface area (Å²) in [6, 6.07) is 7.00. The van der Waals surface area contributed by atoms with Gasteiger partial charge >= 0.3 is 0 Å². The Hall–Kier alpha value is -3.42. The first-order valence-electron chi connectivity index (χ1n) is 6.36. The van der Waals surface area contributed by atoms with Crippen molar-refractivity contribution in [1.29, 1.82) is 0 Å². The molecule has 0 radical (unpaired) electrons. The summed E-state index contributed by atoms with van der Waals surface area (Å²) in [6.07, 6.45) is 6.02. The van der Waals surface area contributed by atoms with Gasteiger partial charge in [0.05, 0.1) is 0 Å². The van der Waals surface area contributed by atoms with Gasteiger partial charge in [-0.05, 0) is 18.2 Å². The Morgan fingerprint density at radius 1 is 1.00 bits per heavy atom. The summed E-state index contributed by atoms with van der Waals surface area (Å²) < 4.78 is 0. The first-order valence-corrected chi connectivity index (χ1v) is 6.36. The summed E-state index contributed by atoms with van der Waals surface area (Å²) in [5, 5.41) is 2.52. The SMILES string of the molecule is Nc1nc(-c2ccccn2)ncc1C(=O)Nc1ncccn1. The monoisotopic (exact) mass is 293 g/mol. The Balaban J connectivity index is 1.85. The van der Waals surface area contributed by atoms with Gasteiger partial charge < -0.3 is 5.73 Å². The lowest BCUT2D eigenvalue weighted by molar-refractivity contribution is 0.102. The second-order valence-electron chi connectivity index (χ2n) is 4.23. The highest BCUT2D eigenvalue weighted by atomic mass is 16.1. The molecular weight excluding hydrogens is 282 g/mol. The van der Waals surface area contributed by atoms with Crippen molar-refractivity contribution >= 4 is 17.7 Å². The number of carbonyl (C=O) groups is 1. The Bertz CT molecular complexity index is 793. The normalized spacial score (nSPS) is 10.2. The van der Waals surface area contributed by atoms with Crippen LogP contribution in [0.4, 0.5) is 11.8 Å². The number of rotatable bonds is 3. The van der Waals surface area contributed by atoms with Gasteiger partial charge in [-0.15, -0.1) is 0 Å². The van der Waals surface area contributed by atoms with Crippen LogP contribution < -0.4 is 11.1 Å². The highest BCUT2D eigenvalue weighted by Crippen LogP contribution is 2.15. The van der Waals surface area contributed by atoms with Crippen molar-refractivity contribution in [1.82, 2.24) is 24.9 Å². The molecule has 1 amide bonds. The lowest BCUT2D eigenvalue weighted by Gasteiger charge is -2.06. The third-order valence-corrected chi connectivity index (χ3v) is 2.75. The van der Waals surface area contributed by atoms with Crippen molar-refractivity contribution in [2.75, 3.05) is 11.1 Å². The average molecular weight is 293 g/mol. The van der Waals surface area contributed by atoms with Gasteiger partial charge in [0.2, 0.25) is 5.95 Å². The summed E-state index contributed by atoms with van der Waals surface area (Å²) >= 11 is 0. The standard InChI is InChI=1S/C14H11N7O/c15-11-9(13(22)21-14-17-6-3-7-18-14)8-19-12(20-11)10-4-1-2-5-16-10/h1-8H,(H2,15,19,20)(H,17,18,21,22). The maximum atomic E-state index is 12.1. The second kappa shape index (κ2) is 5.92. The largest absolute Gasteiger partial charge is 0.383 e. The van der Waals surface area contributed by atoms with Gasteiger partial charge in [0.15, 0.2) is 5.82 Å². The van der Waals surface area contributed by atoms with Gasteiger partial charge in [0.25, 0.3) is 5.91 Å². The fourth-order valence-electron chi connectivity index (χ4n) is 1.72. The molecule has 22 heavy (non-hydrogen) atoms. The van der Waals surface area contributed by atoms with Crippen LogP contribution in [0.5, 0.6) is 0 Å². The molecule has 0 spiro atoms. The molecule has 3 aromatic rings. The average Bonchev–Trinajstić information content (AvgIpc) is 2.56. The van der Waals surface area contributed by atoms with Crippen LogP contribution in [0, 0.1) is 0 Å². The lowest BCUT2D eigenvalue weighted by atomic mass is 10.2. The fraction of sp³-hybridized carbons (Fsp3) is 0. The predicted molar refractivity (Wildman–Crippen MR) is 79.7 cm³/mol. The minimum absolute atomic E-state index is 0.0593. The number of nitrogens with one attached hydrogen (secondary N) is 1. The van der Waals surface area contributed by atoms with Gasteiger partial charge in [0, 0.05) is 24.8 Å². The third-order valence-electron chi connectivity index (χ3n) is 2.75. The summed E-state index contributed by atoms with van der Waals surface area (Å²) in [6.45, 7) is 0. The van der Waals surface area contributed by atoms with Crippen molar-refractivity contribution in [3.63, 3.8) is 0 Å². The smallest absolute Gasteiger partial charge is 0.263 e. The molecule has 8 nitrogen and oxygen atoms in total. The molecule has 3 rings (SSSR count). The molecular formula is C14H11N7O. The Morgan fingerprint density at radius 3 is 2.45 bits per heavy atom. The highest BCUT2D eigenvalue weighted by Gasteiger charge is 2.14. The molecule has 0 unspecified atom stereocenters. The molecule has 3 heterocycles. The van der Waals surface area contributed by atoms with E-state index in [1.54, 1.807) is 24.4 Å². The van der Waals surface area contributed by atoms with E-state index < -0.39 is 5.91 Å². The topological polar surface area (TPSA) is 120 Å². The first kappa shape index (κ1) is 13.6. The van der Waals surface area contributed by atoms with Crippen LogP contribution in [0.15, 0.2) is 49.1 Å². The summed E-state index contributed by atoms with van der Waals surface area (Å²) in [5.41, 5.74) is 6.55. The number of nitrogens with two attached hydrogens (primary N) is 1. The molecule has 0 saturated carbocycles. The minimum atomic E-state index is -0.476. The molecule has 8 heteroatoms. The maximum absolute atomic E-state index is 12.1. The molecule has 0 saturated heterocycles. The van der Waals surface area contributed by atoms with Crippen LogP contribution in [-0.2, 0) is 0 Å². The van der Waals surface area contributed by atoms with Crippen molar-refractivity contribution in [2.45, 2.75) is 0 Å². The zero-order valence-electron chi connectivity index (χ0n) is 11.3. The van der Waals surface area contributed by atoms with E-state index in [0.29, 0.717) is 11.5 Å². The van der Waals surface area contributed by atoms with E-state index in [-0.39, 0.29) is 17.3 Å². The number of anilines is 2. The summed E-state index contributed by atoms with van der Waals surface area (Å²) in [5.74, 6) is 0.117. The van der Waals surface area contributed by atoms with Gasteiger partial charge in [-0.25, -0.2) is 19.9 Å². The van der Waals surface area contributed by atoms with E-state index in [2.05, 4.69) is 30.2 Å². The second-order valence-corrected chi connectivity index (χ2v) is 4.23. The molecule has 0 atom stereocenters. The van der Waals surface area contributed by atoms with Crippen LogP contribution >= 0.6 is 0 Å². The molecule has 3 N–H and O–H groups in total. The Labute approximate surface area is 125 Å². The Morgan fingerprint density at radius 2 is 1.77 bits per heavy atom. The first-order chi connectivity index (χ1) is 10.7. The van der Waals surface area contributed by atoms with Crippen LogP contribution in [0.25, 0.3) is 11.5 Å². The van der Waals surface area contributed by atoms with Gasteiger partial charge in [-0.1, -0.05) is 6.07 Å². The number of amides is 1. The molecule has 0 aliphatic carbocycles. The predicted octanol–water partition coefficient (Wildman–Crippen LogP) is 1.16.